The van der Waals surface area contributed by atoms with Gasteiger partial charge in [0.25, 0.3) is 5.91 Å². The molecule has 0 aliphatic carbocycles. The quantitative estimate of drug-likeness (QED) is 0.924. The van der Waals surface area contributed by atoms with Crippen molar-refractivity contribution in [3.05, 3.63) is 52.8 Å². The Morgan fingerprint density at radius 2 is 2.21 bits per heavy atom. The number of carbonyl (C=O) groups is 1. The number of hydrogen-bond acceptors (Lipinski definition) is 4. The van der Waals surface area contributed by atoms with Gasteiger partial charge in [-0.15, -0.1) is 0 Å². The summed E-state index contributed by atoms with van der Waals surface area (Å²) in [6.07, 6.45) is 4.01. The maximum atomic E-state index is 12.4. The molecule has 1 N–H and O–H groups in total. The van der Waals surface area contributed by atoms with Crippen LogP contribution in [0.25, 0.3) is 0 Å². The summed E-state index contributed by atoms with van der Waals surface area (Å²) in [6, 6.07) is 9.10. The second-order valence-corrected chi connectivity index (χ2v) is 6.62. The maximum Gasteiger partial charge on any atom is 0.270 e. The molecule has 1 aromatic heterocycles. The lowest BCUT2D eigenvalue weighted by Crippen LogP contribution is -2.36. The van der Waals surface area contributed by atoms with Gasteiger partial charge in [0.05, 0.1) is 0 Å². The van der Waals surface area contributed by atoms with Crippen LogP contribution in [0.4, 0.5) is 5.95 Å². The van der Waals surface area contributed by atoms with Crippen LogP contribution in [-0.2, 0) is 6.54 Å². The molecule has 1 aromatic carbocycles. The minimum Gasteiger partial charge on any atom is -0.347 e. The van der Waals surface area contributed by atoms with Crippen LogP contribution in [0.5, 0.6) is 0 Å². The van der Waals surface area contributed by atoms with Crippen LogP contribution in [0.1, 0.15) is 35.8 Å². The van der Waals surface area contributed by atoms with Crippen LogP contribution >= 0.6 is 11.6 Å². The average molecular weight is 345 g/mol. The van der Waals surface area contributed by atoms with Crippen molar-refractivity contribution in [2.24, 2.45) is 5.92 Å². The molecule has 1 fully saturated rings. The first kappa shape index (κ1) is 16.7. The predicted octanol–water partition coefficient (Wildman–Crippen LogP) is 3.30. The highest BCUT2D eigenvalue weighted by atomic mass is 35.5. The van der Waals surface area contributed by atoms with Gasteiger partial charge in [-0.3, -0.25) is 4.79 Å². The van der Waals surface area contributed by atoms with Crippen molar-refractivity contribution in [3.8, 4) is 0 Å². The van der Waals surface area contributed by atoms with E-state index < -0.39 is 0 Å². The molecule has 2 aromatic rings. The van der Waals surface area contributed by atoms with Gasteiger partial charge in [-0.1, -0.05) is 36.7 Å². The van der Waals surface area contributed by atoms with Crippen molar-refractivity contribution >= 4 is 23.5 Å². The number of rotatable bonds is 4. The van der Waals surface area contributed by atoms with Crippen LogP contribution in [0.3, 0.4) is 0 Å². The van der Waals surface area contributed by atoms with Crippen LogP contribution in [-0.4, -0.2) is 29.0 Å². The number of anilines is 1. The van der Waals surface area contributed by atoms with Crippen LogP contribution < -0.4 is 10.2 Å². The lowest BCUT2D eigenvalue weighted by Gasteiger charge is -2.30. The van der Waals surface area contributed by atoms with Gasteiger partial charge in [0, 0.05) is 30.9 Å². The van der Waals surface area contributed by atoms with E-state index in [-0.39, 0.29) is 5.91 Å². The topological polar surface area (TPSA) is 58.1 Å². The Balaban J connectivity index is 1.67. The Hall–Kier alpha value is -2.14. The summed E-state index contributed by atoms with van der Waals surface area (Å²) in [5.74, 6) is 1.04. The molecule has 5 nitrogen and oxygen atoms in total. The molecular weight excluding hydrogens is 324 g/mol. The molecule has 0 bridgehead atoms. The summed E-state index contributed by atoms with van der Waals surface area (Å²) < 4.78 is 0. The van der Waals surface area contributed by atoms with Gasteiger partial charge in [-0.25, -0.2) is 9.97 Å². The van der Waals surface area contributed by atoms with E-state index in [2.05, 4.69) is 27.1 Å². The monoisotopic (exact) mass is 344 g/mol. The minimum absolute atomic E-state index is 0.219. The molecule has 3 rings (SSSR count). The molecule has 0 radical (unpaired) electrons. The first-order chi connectivity index (χ1) is 11.6. The molecule has 6 heteroatoms. The van der Waals surface area contributed by atoms with Gasteiger partial charge < -0.3 is 10.2 Å². The molecule has 0 saturated carbocycles. The highest BCUT2D eigenvalue weighted by Crippen LogP contribution is 2.20. The number of nitrogens with zero attached hydrogens (tertiary/aromatic N) is 3. The van der Waals surface area contributed by atoms with Gasteiger partial charge in [0.2, 0.25) is 5.95 Å². The number of piperidine rings is 1. The van der Waals surface area contributed by atoms with Crippen LogP contribution in [0.15, 0.2) is 36.5 Å². The second-order valence-electron chi connectivity index (χ2n) is 6.21. The van der Waals surface area contributed by atoms with Gasteiger partial charge in [-0.05, 0) is 36.5 Å². The second kappa shape index (κ2) is 7.62. The molecule has 126 valence electrons. The zero-order valence-electron chi connectivity index (χ0n) is 13.7. The fourth-order valence-electron chi connectivity index (χ4n) is 2.91. The van der Waals surface area contributed by atoms with Crippen molar-refractivity contribution in [2.75, 3.05) is 18.0 Å². The number of carbonyl (C=O) groups excluding carboxylic acids is 1. The van der Waals surface area contributed by atoms with Crippen molar-refractivity contribution in [2.45, 2.75) is 26.3 Å². The summed E-state index contributed by atoms with van der Waals surface area (Å²) in [6.45, 7) is 4.48. The maximum absolute atomic E-state index is 12.4. The van der Waals surface area contributed by atoms with E-state index in [1.54, 1.807) is 12.3 Å². The van der Waals surface area contributed by atoms with E-state index >= 15 is 0 Å². The first-order valence-corrected chi connectivity index (χ1v) is 8.61. The van der Waals surface area contributed by atoms with E-state index in [9.17, 15) is 4.79 Å². The Kier molecular flexibility index (Phi) is 5.30. The molecule has 1 amide bonds. The summed E-state index contributed by atoms with van der Waals surface area (Å²) in [4.78, 5) is 23.3. The highest BCUT2D eigenvalue weighted by Gasteiger charge is 2.19. The summed E-state index contributed by atoms with van der Waals surface area (Å²) in [5, 5.41) is 3.50. The lowest BCUT2D eigenvalue weighted by atomic mass is 10.0. The average Bonchev–Trinajstić information content (AvgIpc) is 2.61. The zero-order chi connectivity index (χ0) is 16.9. The number of aromatic nitrogens is 2. The largest absolute Gasteiger partial charge is 0.347 e. The predicted molar refractivity (Wildman–Crippen MR) is 95.3 cm³/mol. The van der Waals surface area contributed by atoms with E-state index in [1.165, 1.54) is 6.42 Å². The Labute approximate surface area is 147 Å². The smallest absolute Gasteiger partial charge is 0.270 e. The van der Waals surface area contributed by atoms with Crippen molar-refractivity contribution < 1.29 is 4.79 Å². The first-order valence-electron chi connectivity index (χ1n) is 8.23. The Morgan fingerprint density at radius 3 is 3.00 bits per heavy atom. The van der Waals surface area contributed by atoms with Crippen LogP contribution in [0, 0.1) is 5.92 Å². The standard InChI is InChI=1S/C18H21ClN4O/c1-13-5-4-10-23(12-13)18-20-9-8-16(22-18)17(24)21-11-14-6-2-3-7-15(14)19/h2-3,6-9,13H,4-5,10-12H2,1H3,(H,21,24). The Morgan fingerprint density at radius 1 is 1.38 bits per heavy atom. The van der Waals surface area contributed by atoms with Gasteiger partial charge in [0.15, 0.2) is 0 Å². The number of amides is 1. The summed E-state index contributed by atoms with van der Waals surface area (Å²) in [7, 11) is 0. The van der Waals surface area contributed by atoms with E-state index in [0.717, 1.165) is 25.1 Å². The van der Waals surface area contributed by atoms with E-state index in [1.807, 2.05) is 24.3 Å². The normalized spacial score (nSPS) is 17.6. The van der Waals surface area contributed by atoms with Gasteiger partial charge in [-0.2, -0.15) is 0 Å². The molecule has 1 saturated heterocycles. The van der Waals surface area contributed by atoms with Gasteiger partial charge >= 0.3 is 0 Å². The number of nitrogens with one attached hydrogen (secondary N) is 1. The molecule has 0 spiro atoms. The molecule has 1 atom stereocenters. The SMILES string of the molecule is CC1CCCN(c2nccc(C(=O)NCc3ccccc3Cl)n2)C1. The molecule has 1 aliphatic heterocycles. The number of hydrogen-bond donors (Lipinski definition) is 1. The van der Waals surface area contributed by atoms with Crippen molar-refractivity contribution in [3.63, 3.8) is 0 Å². The van der Waals surface area contributed by atoms with Crippen molar-refractivity contribution in [1.82, 2.24) is 15.3 Å². The van der Waals surface area contributed by atoms with E-state index in [4.69, 9.17) is 11.6 Å². The van der Waals surface area contributed by atoms with Crippen LogP contribution in [0.2, 0.25) is 5.02 Å². The fraction of sp³-hybridized carbons (Fsp3) is 0.389. The van der Waals surface area contributed by atoms with E-state index in [0.29, 0.717) is 29.1 Å². The fourth-order valence-corrected chi connectivity index (χ4v) is 3.11. The number of benzene rings is 1. The third-order valence-corrected chi connectivity index (χ3v) is 4.58. The molecular formula is C18H21ClN4O. The zero-order valence-corrected chi connectivity index (χ0v) is 14.5. The molecule has 1 aliphatic rings. The number of halogens is 1. The third-order valence-electron chi connectivity index (χ3n) is 4.21. The summed E-state index contributed by atoms with van der Waals surface area (Å²) in [5.41, 5.74) is 1.26. The summed E-state index contributed by atoms with van der Waals surface area (Å²) >= 11 is 6.11. The lowest BCUT2D eigenvalue weighted by molar-refractivity contribution is 0.0946. The molecule has 1 unspecified atom stereocenters. The highest BCUT2D eigenvalue weighted by molar-refractivity contribution is 6.31. The molecule has 2 heterocycles. The van der Waals surface area contributed by atoms with Crippen molar-refractivity contribution in [1.29, 1.82) is 0 Å². The molecule has 24 heavy (non-hydrogen) atoms. The van der Waals surface area contributed by atoms with Gasteiger partial charge in [0.1, 0.15) is 5.69 Å². The third kappa shape index (κ3) is 4.03. The minimum atomic E-state index is -0.219. The Bertz CT molecular complexity index is 722.